The molecule has 0 aliphatic heterocycles. The minimum atomic E-state index is 0.702. The molecule has 1 aromatic carbocycles. The SMILES string of the molecule is CCC(CC)COCCc1ccccc1OC. The van der Waals surface area contributed by atoms with Gasteiger partial charge in [0, 0.05) is 6.61 Å². The Morgan fingerprint density at radius 2 is 1.82 bits per heavy atom. The first-order valence-corrected chi connectivity index (χ1v) is 6.51. The molecule has 0 amide bonds. The van der Waals surface area contributed by atoms with E-state index >= 15 is 0 Å². The maximum atomic E-state index is 5.73. The summed E-state index contributed by atoms with van der Waals surface area (Å²) in [5.74, 6) is 1.66. The molecule has 0 N–H and O–H groups in total. The number of benzene rings is 1. The van der Waals surface area contributed by atoms with Crippen LogP contribution in [-0.4, -0.2) is 20.3 Å². The molecule has 1 rings (SSSR count). The summed E-state index contributed by atoms with van der Waals surface area (Å²) < 4.78 is 11.0. The first-order chi connectivity index (χ1) is 8.31. The number of methoxy groups -OCH3 is 1. The van der Waals surface area contributed by atoms with Crippen LogP contribution in [0.2, 0.25) is 0 Å². The van der Waals surface area contributed by atoms with Crippen molar-refractivity contribution in [1.29, 1.82) is 0 Å². The Kier molecular flexibility index (Phi) is 6.71. The van der Waals surface area contributed by atoms with Crippen LogP contribution in [0.3, 0.4) is 0 Å². The number of hydrogen-bond donors (Lipinski definition) is 0. The summed E-state index contributed by atoms with van der Waals surface area (Å²) in [5, 5.41) is 0. The lowest BCUT2D eigenvalue weighted by atomic mass is 10.1. The highest BCUT2D eigenvalue weighted by molar-refractivity contribution is 5.33. The van der Waals surface area contributed by atoms with Gasteiger partial charge in [0.1, 0.15) is 5.75 Å². The predicted octanol–water partition coefficient (Wildman–Crippen LogP) is 3.69. The van der Waals surface area contributed by atoms with Gasteiger partial charge in [0.25, 0.3) is 0 Å². The lowest BCUT2D eigenvalue weighted by Gasteiger charge is -2.13. The Morgan fingerprint density at radius 3 is 2.47 bits per heavy atom. The molecule has 2 nitrogen and oxygen atoms in total. The normalized spacial score (nSPS) is 10.8. The zero-order chi connectivity index (χ0) is 12.5. The van der Waals surface area contributed by atoms with E-state index < -0.39 is 0 Å². The Balaban J connectivity index is 2.30. The van der Waals surface area contributed by atoms with E-state index in [1.807, 2.05) is 18.2 Å². The Morgan fingerprint density at radius 1 is 1.12 bits per heavy atom. The summed E-state index contributed by atoms with van der Waals surface area (Å²) in [6, 6.07) is 8.13. The zero-order valence-electron chi connectivity index (χ0n) is 11.2. The molecule has 96 valence electrons. The molecule has 0 aromatic heterocycles. The molecule has 0 heterocycles. The number of para-hydroxylation sites is 1. The molecule has 0 atom stereocenters. The van der Waals surface area contributed by atoms with E-state index in [2.05, 4.69) is 19.9 Å². The monoisotopic (exact) mass is 236 g/mol. The third kappa shape index (κ3) is 4.78. The highest BCUT2D eigenvalue weighted by Gasteiger charge is 2.04. The van der Waals surface area contributed by atoms with Crippen molar-refractivity contribution in [1.82, 2.24) is 0 Å². The van der Waals surface area contributed by atoms with Crippen molar-refractivity contribution in [2.45, 2.75) is 33.1 Å². The van der Waals surface area contributed by atoms with Crippen LogP contribution < -0.4 is 4.74 Å². The van der Waals surface area contributed by atoms with Gasteiger partial charge in [0.2, 0.25) is 0 Å². The van der Waals surface area contributed by atoms with Crippen molar-refractivity contribution in [2.24, 2.45) is 5.92 Å². The van der Waals surface area contributed by atoms with Crippen molar-refractivity contribution in [3.63, 3.8) is 0 Å². The topological polar surface area (TPSA) is 18.5 Å². The van der Waals surface area contributed by atoms with E-state index in [1.165, 1.54) is 18.4 Å². The fourth-order valence-corrected chi connectivity index (χ4v) is 1.87. The maximum absolute atomic E-state index is 5.73. The molecule has 0 unspecified atom stereocenters. The molecular weight excluding hydrogens is 212 g/mol. The van der Waals surface area contributed by atoms with Gasteiger partial charge < -0.3 is 9.47 Å². The van der Waals surface area contributed by atoms with Crippen LogP contribution >= 0.6 is 0 Å². The quantitative estimate of drug-likeness (QED) is 0.641. The third-order valence-corrected chi connectivity index (χ3v) is 3.22. The Bertz CT molecular complexity index is 306. The van der Waals surface area contributed by atoms with Crippen LogP contribution in [0.15, 0.2) is 24.3 Å². The smallest absolute Gasteiger partial charge is 0.122 e. The van der Waals surface area contributed by atoms with Crippen LogP contribution in [0.1, 0.15) is 32.3 Å². The van der Waals surface area contributed by atoms with Crippen molar-refractivity contribution >= 4 is 0 Å². The van der Waals surface area contributed by atoms with Crippen molar-refractivity contribution < 1.29 is 9.47 Å². The van der Waals surface area contributed by atoms with Gasteiger partial charge in [-0.3, -0.25) is 0 Å². The summed E-state index contributed by atoms with van der Waals surface area (Å²) in [6.45, 7) is 6.09. The molecule has 0 aliphatic carbocycles. The molecule has 0 saturated heterocycles. The van der Waals surface area contributed by atoms with E-state index in [0.717, 1.165) is 25.4 Å². The average Bonchev–Trinajstić information content (AvgIpc) is 2.39. The highest BCUT2D eigenvalue weighted by Crippen LogP contribution is 2.17. The van der Waals surface area contributed by atoms with Gasteiger partial charge in [-0.15, -0.1) is 0 Å². The fourth-order valence-electron chi connectivity index (χ4n) is 1.87. The first kappa shape index (κ1) is 14.0. The minimum Gasteiger partial charge on any atom is -0.496 e. The second kappa shape index (κ2) is 8.13. The summed E-state index contributed by atoms with van der Waals surface area (Å²) in [5.41, 5.74) is 1.22. The first-order valence-electron chi connectivity index (χ1n) is 6.51. The predicted molar refractivity (Wildman–Crippen MR) is 71.6 cm³/mol. The van der Waals surface area contributed by atoms with E-state index in [-0.39, 0.29) is 0 Å². The molecule has 0 aliphatic rings. The summed E-state index contributed by atoms with van der Waals surface area (Å²) >= 11 is 0. The molecule has 0 radical (unpaired) electrons. The fraction of sp³-hybridized carbons (Fsp3) is 0.600. The number of ether oxygens (including phenoxy) is 2. The zero-order valence-corrected chi connectivity index (χ0v) is 11.2. The molecule has 1 aromatic rings. The molecule has 0 fully saturated rings. The second-order valence-corrected chi connectivity index (χ2v) is 4.32. The van der Waals surface area contributed by atoms with E-state index in [0.29, 0.717) is 5.92 Å². The van der Waals surface area contributed by atoms with Gasteiger partial charge in [-0.25, -0.2) is 0 Å². The molecule has 0 saturated carbocycles. The summed E-state index contributed by atoms with van der Waals surface area (Å²) in [7, 11) is 1.71. The number of rotatable bonds is 8. The van der Waals surface area contributed by atoms with Gasteiger partial charge in [0.05, 0.1) is 13.7 Å². The van der Waals surface area contributed by atoms with Gasteiger partial charge in [-0.2, -0.15) is 0 Å². The highest BCUT2D eigenvalue weighted by atomic mass is 16.5. The Labute approximate surface area is 105 Å². The van der Waals surface area contributed by atoms with Crippen molar-refractivity contribution in [2.75, 3.05) is 20.3 Å². The van der Waals surface area contributed by atoms with Crippen LogP contribution in [0.4, 0.5) is 0 Å². The van der Waals surface area contributed by atoms with E-state index in [9.17, 15) is 0 Å². The largest absolute Gasteiger partial charge is 0.496 e. The van der Waals surface area contributed by atoms with Gasteiger partial charge in [0.15, 0.2) is 0 Å². The lowest BCUT2D eigenvalue weighted by Crippen LogP contribution is -2.09. The number of hydrogen-bond acceptors (Lipinski definition) is 2. The molecule has 0 spiro atoms. The van der Waals surface area contributed by atoms with E-state index in [1.54, 1.807) is 7.11 Å². The van der Waals surface area contributed by atoms with Crippen LogP contribution in [0.25, 0.3) is 0 Å². The van der Waals surface area contributed by atoms with E-state index in [4.69, 9.17) is 9.47 Å². The van der Waals surface area contributed by atoms with Crippen molar-refractivity contribution in [3.05, 3.63) is 29.8 Å². The maximum Gasteiger partial charge on any atom is 0.122 e. The molecule has 2 heteroatoms. The molecule has 17 heavy (non-hydrogen) atoms. The average molecular weight is 236 g/mol. The third-order valence-electron chi connectivity index (χ3n) is 3.22. The Hall–Kier alpha value is -1.02. The van der Waals surface area contributed by atoms with Crippen LogP contribution in [0, 0.1) is 5.92 Å². The van der Waals surface area contributed by atoms with Gasteiger partial charge in [-0.1, -0.05) is 44.9 Å². The molecule has 0 bridgehead atoms. The van der Waals surface area contributed by atoms with Gasteiger partial charge in [-0.05, 0) is 24.0 Å². The lowest BCUT2D eigenvalue weighted by molar-refractivity contribution is 0.0985. The van der Waals surface area contributed by atoms with Crippen LogP contribution in [0.5, 0.6) is 5.75 Å². The second-order valence-electron chi connectivity index (χ2n) is 4.32. The van der Waals surface area contributed by atoms with Crippen molar-refractivity contribution in [3.8, 4) is 5.75 Å². The summed E-state index contributed by atoms with van der Waals surface area (Å²) in [4.78, 5) is 0. The standard InChI is InChI=1S/C15H24O2/c1-4-13(5-2)12-17-11-10-14-8-6-7-9-15(14)16-3/h6-9,13H,4-5,10-12H2,1-3H3. The summed E-state index contributed by atoms with van der Waals surface area (Å²) in [6.07, 6.45) is 3.32. The molecular formula is C15H24O2. The van der Waals surface area contributed by atoms with Gasteiger partial charge >= 0.3 is 0 Å². The minimum absolute atomic E-state index is 0.702. The van der Waals surface area contributed by atoms with Crippen LogP contribution in [-0.2, 0) is 11.2 Å².